The Morgan fingerprint density at radius 2 is 2.03 bits per heavy atom. The largest absolute Gasteiger partial charge is 0.465 e. The highest BCUT2D eigenvalue weighted by Crippen LogP contribution is 2.49. The molecule has 1 amide bonds. The molecular weight excluding hydrogens is 406 g/mol. The van der Waals surface area contributed by atoms with Crippen LogP contribution in [0.15, 0.2) is 39.8 Å². The third-order valence-electron chi connectivity index (χ3n) is 6.18. The summed E-state index contributed by atoms with van der Waals surface area (Å²) in [6.07, 6.45) is 4.87. The van der Waals surface area contributed by atoms with Gasteiger partial charge in [-0.3, -0.25) is 4.79 Å². The third kappa shape index (κ3) is 4.67. The summed E-state index contributed by atoms with van der Waals surface area (Å²) >= 11 is 0. The second-order valence-electron chi connectivity index (χ2n) is 8.39. The molecule has 2 aliphatic carbocycles. The lowest BCUT2D eigenvalue weighted by Gasteiger charge is -2.28. The molecule has 1 aromatic carbocycles. The van der Waals surface area contributed by atoms with Gasteiger partial charge in [0.1, 0.15) is 5.76 Å². The molecule has 0 saturated heterocycles. The Bertz CT molecular complexity index is 1000. The van der Waals surface area contributed by atoms with Gasteiger partial charge >= 0.3 is 0 Å². The van der Waals surface area contributed by atoms with Crippen molar-refractivity contribution in [3.8, 4) is 5.88 Å². The molecule has 2 saturated carbocycles. The lowest BCUT2D eigenvalue weighted by Crippen LogP contribution is -2.40. The average molecular weight is 434 g/mol. The van der Waals surface area contributed by atoms with Gasteiger partial charge in [0, 0.05) is 17.8 Å². The average Bonchev–Trinajstić information content (AvgIpc) is 3.43. The topological polar surface area (TPSA) is 111 Å². The van der Waals surface area contributed by atoms with Crippen molar-refractivity contribution in [2.75, 3.05) is 11.9 Å². The summed E-state index contributed by atoms with van der Waals surface area (Å²) in [6, 6.07) is 7.62. The zero-order valence-electron chi connectivity index (χ0n) is 17.1. The van der Waals surface area contributed by atoms with E-state index < -0.39 is 10.0 Å². The smallest absolute Gasteiger partial charge is 0.262 e. The van der Waals surface area contributed by atoms with E-state index in [1.54, 1.807) is 25.1 Å². The predicted octanol–water partition coefficient (Wildman–Crippen LogP) is 3.10. The van der Waals surface area contributed by atoms with Gasteiger partial charge in [0.15, 0.2) is 6.61 Å². The highest BCUT2D eigenvalue weighted by atomic mass is 32.2. The van der Waals surface area contributed by atoms with Crippen LogP contribution in [0.25, 0.3) is 0 Å². The minimum absolute atomic E-state index is 0.0815. The van der Waals surface area contributed by atoms with Crippen molar-refractivity contribution < 1.29 is 22.5 Å². The first kappa shape index (κ1) is 20.9. The van der Waals surface area contributed by atoms with Gasteiger partial charge in [-0.2, -0.15) is 0 Å². The van der Waals surface area contributed by atoms with E-state index in [1.807, 2.05) is 6.92 Å². The highest BCUT2D eigenvalue weighted by Gasteiger charge is 2.42. The van der Waals surface area contributed by atoms with E-state index in [9.17, 15) is 13.2 Å². The summed E-state index contributed by atoms with van der Waals surface area (Å²) in [5, 5.41) is 6.31. The number of hydrogen-bond acceptors (Lipinski definition) is 6. The van der Waals surface area contributed by atoms with Crippen LogP contribution in [0.1, 0.15) is 38.4 Å². The molecule has 2 aromatic rings. The van der Waals surface area contributed by atoms with Crippen LogP contribution in [0, 0.1) is 24.7 Å². The number of hydrogen-bond donors (Lipinski definition) is 2. The number of aryl methyl sites for hydroxylation is 1. The summed E-state index contributed by atoms with van der Waals surface area (Å²) in [5.41, 5.74) is 0.486. The fourth-order valence-corrected chi connectivity index (χ4v) is 6.07. The van der Waals surface area contributed by atoms with Crippen LogP contribution in [-0.2, 0) is 14.8 Å². The van der Waals surface area contributed by atoms with Crippen molar-refractivity contribution in [3.63, 3.8) is 0 Å². The molecule has 30 heavy (non-hydrogen) atoms. The van der Waals surface area contributed by atoms with E-state index in [0.29, 0.717) is 23.3 Å². The summed E-state index contributed by atoms with van der Waals surface area (Å²) < 4.78 is 38.5. The normalized spacial score (nSPS) is 24.0. The van der Waals surface area contributed by atoms with Crippen molar-refractivity contribution in [1.82, 2.24) is 9.88 Å². The predicted molar refractivity (Wildman–Crippen MR) is 111 cm³/mol. The molecule has 2 N–H and O–H groups in total. The van der Waals surface area contributed by atoms with Gasteiger partial charge in [-0.05, 0) is 80.3 Å². The molecule has 8 nitrogen and oxygen atoms in total. The number of fused-ring (bicyclic) bond motifs is 2. The Morgan fingerprint density at radius 3 is 2.63 bits per heavy atom. The van der Waals surface area contributed by atoms with Gasteiger partial charge in [-0.1, -0.05) is 6.42 Å². The van der Waals surface area contributed by atoms with Crippen LogP contribution >= 0.6 is 0 Å². The molecule has 2 fully saturated rings. The molecule has 1 heterocycles. The maximum atomic E-state index is 12.8. The van der Waals surface area contributed by atoms with Gasteiger partial charge < -0.3 is 14.6 Å². The fourth-order valence-electron chi connectivity index (χ4n) is 4.77. The summed E-state index contributed by atoms with van der Waals surface area (Å²) in [6.45, 7) is 3.46. The molecule has 9 heteroatoms. The number of amides is 1. The maximum Gasteiger partial charge on any atom is 0.262 e. The van der Waals surface area contributed by atoms with Crippen molar-refractivity contribution >= 4 is 21.6 Å². The van der Waals surface area contributed by atoms with E-state index in [-0.39, 0.29) is 29.3 Å². The quantitative estimate of drug-likeness (QED) is 0.662. The minimum Gasteiger partial charge on any atom is -0.465 e. The number of aromatic nitrogens is 1. The summed E-state index contributed by atoms with van der Waals surface area (Å²) in [4.78, 5) is 12.2. The molecule has 4 rings (SSSR count). The Morgan fingerprint density at radius 1 is 1.27 bits per heavy atom. The Kier molecular flexibility index (Phi) is 5.84. The molecule has 4 atom stereocenters. The van der Waals surface area contributed by atoms with Gasteiger partial charge in [0.2, 0.25) is 10.0 Å². The first-order chi connectivity index (χ1) is 14.3. The number of nitrogens with one attached hydrogen (secondary N) is 2. The number of anilines is 1. The highest BCUT2D eigenvalue weighted by molar-refractivity contribution is 7.89. The van der Waals surface area contributed by atoms with Crippen LogP contribution in [0.4, 0.5) is 5.69 Å². The van der Waals surface area contributed by atoms with Gasteiger partial charge in [-0.15, -0.1) is 0 Å². The summed E-state index contributed by atoms with van der Waals surface area (Å²) in [5.74, 6) is 2.28. The Hall–Kier alpha value is -2.39. The first-order valence-electron chi connectivity index (χ1n) is 10.3. The fraction of sp³-hybridized carbons (Fsp3) is 0.524. The van der Waals surface area contributed by atoms with Crippen LogP contribution in [-0.4, -0.2) is 32.1 Å². The molecule has 162 valence electrons. The van der Waals surface area contributed by atoms with Crippen molar-refractivity contribution in [3.05, 3.63) is 36.1 Å². The Balaban J connectivity index is 1.31. The van der Waals surface area contributed by atoms with E-state index in [0.717, 1.165) is 12.3 Å². The first-order valence-corrected chi connectivity index (χ1v) is 11.8. The van der Waals surface area contributed by atoms with Crippen molar-refractivity contribution in [2.24, 2.45) is 17.8 Å². The van der Waals surface area contributed by atoms with Crippen molar-refractivity contribution in [1.29, 1.82) is 0 Å². The minimum atomic E-state index is -3.61. The number of benzene rings is 1. The molecular formula is C21H27N3O5S. The lowest BCUT2D eigenvalue weighted by molar-refractivity contribution is -0.118. The van der Waals surface area contributed by atoms with E-state index in [4.69, 9.17) is 9.26 Å². The zero-order chi connectivity index (χ0) is 21.3. The van der Waals surface area contributed by atoms with Crippen LogP contribution in [0.3, 0.4) is 0 Å². The van der Waals surface area contributed by atoms with Crippen molar-refractivity contribution in [2.45, 2.75) is 50.5 Å². The number of rotatable bonds is 8. The third-order valence-corrected chi connectivity index (χ3v) is 7.76. The lowest BCUT2D eigenvalue weighted by atomic mass is 9.84. The van der Waals surface area contributed by atoms with E-state index in [1.165, 1.54) is 31.4 Å². The second kappa shape index (κ2) is 8.39. The standard InChI is InChI=1S/C21H27N3O5S/c1-13-9-21(23-29-13)28-12-20(25)22-17-5-7-18(8-6-17)30(26,27)24-14(2)19-11-15-3-4-16(19)10-15/h5-9,14-16,19,24H,3-4,10-12H2,1-2H3,(H,22,25)/t14-,15-,16-,19-/m0/s1. The van der Waals surface area contributed by atoms with Crippen LogP contribution < -0.4 is 14.8 Å². The number of carbonyl (C=O) groups excluding carboxylic acids is 1. The maximum absolute atomic E-state index is 12.8. The van der Waals surface area contributed by atoms with E-state index >= 15 is 0 Å². The number of ether oxygens (including phenoxy) is 1. The molecule has 0 aliphatic heterocycles. The molecule has 0 spiro atoms. The summed E-state index contributed by atoms with van der Waals surface area (Å²) in [7, 11) is -3.61. The number of nitrogens with zero attached hydrogens (tertiary/aromatic N) is 1. The van der Waals surface area contributed by atoms with Crippen LogP contribution in [0.5, 0.6) is 5.88 Å². The zero-order valence-corrected chi connectivity index (χ0v) is 17.9. The molecule has 0 radical (unpaired) electrons. The van der Waals surface area contributed by atoms with Gasteiger partial charge in [0.25, 0.3) is 11.8 Å². The Labute approximate surface area is 176 Å². The second-order valence-corrected chi connectivity index (χ2v) is 10.1. The van der Waals surface area contributed by atoms with Gasteiger partial charge in [0.05, 0.1) is 4.90 Å². The van der Waals surface area contributed by atoms with Gasteiger partial charge in [-0.25, -0.2) is 13.1 Å². The van der Waals surface area contributed by atoms with Crippen LogP contribution in [0.2, 0.25) is 0 Å². The molecule has 0 unspecified atom stereocenters. The SMILES string of the molecule is Cc1cc(OCC(=O)Nc2ccc(S(=O)(=O)N[C@@H](C)[C@@H]3C[C@H]4CC[C@H]3C4)cc2)no1. The number of sulfonamides is 1. The molecule has 1 aromatic heterocycles. The number of carbonyl (C=O) groups is 1. The molecule has 2 bridgehead atoms. The monoisotopic (exact) mass is 433 g/mol. The van der Waals surface area contributed by atoms with E-state index in [2.05, 4.69) is 15.2 Å². The molecule has 2 aliphatic rings.